The molecule has 3 nitrogen and oxygen atoms in total. The summed E-state index contributed by atoms with van der Waals surface area (Å²) in [4.78, 5) is 12.7. The summed E-state index contributed by atoms with van der Waals surface area (Å²) in [6.07, 6.45) is 11.5. The summed E-state index contributed by atoms with van der Waals surface area (Å²) in [5.74, 6) is 0.994. The van der Waals surface area contributed by atoms with Crippen LogP contribution >= 0.6 is 0 Å². The molecule has 3 heteroatoms. The van der Waals surface area contributed by atoms with E-state index in [1.54, 1.807) is 7.11 Å². The molecular formula is C23H38O3. The standard InChI is InChI=1S/C23H38O3/c1-6-7-8-9-10-11-12-13-14-15-20(24)22-18(4)21(26-5)16-19(17(2)3)23(22)25/h16-17,25H,6-15H2,1-5H3. The minimum Gasteiger partial charge on any atom is -0.507 e. The molecule has 1 N–H and O–H groups in total. The monoisotopic (exact) mass is 362 g/mol. The van der Waals surface area contributed by atoms with Crippen LogP contribution in [0.4, 0.5) is 0 Å². The van der Waals surface area contributed by atoms with Crippen LogP contribution in [0.25, 0.3) is 0 Å². The number of Topliss-reactive ketones (excluding diaryl/α,β-unsaturated/α-hetero) is 1. The van der Waals surface area contributed by atoms with E-state index in [-0.39, 0.29) is 17.5 Å². The molecule has 1 aromatic carbocycles. The largest absolute Gasteiger partial charge is 0.507 e. The van der Waals surface area contributed by atoms with Gasteiger partial charge in [0.25, 0.3) is 0 Å². The zero-order valence-corrected chi connectivity index (χ0v) is 17.5. The summed E-state index contributed by atoms with van der Waals surface area (Å²) in [5, 5.41) is 10.6. The molecule has 0 aliphatic heterocycles. The van der Waals surface area contributed by atoms with E-state index in [4.69, 9.17) is 4.74 Å². The second kappa shape index (κ2) is 12.0. The Morgan fingerprint density at radius 2 is 1.58 bits per heavy atom. The number of methoxy groups -OCH3 is 1. The quantitative estimate of drug-likeness (QED) is 0.305. The minimum atomic E-state index is 0.0312. The van der Waals surface area contributed by atoms with Gasteiger partial charge in [-0.1, -0.05) is 72.1 Å². The first-order valence-corrected chi connectivity index (χ1v) is 10.4. The number of aromatic hydroxyl groups is 1. The Morgan fingerprint density at radius 1 is 1.04 bits per heavy atom. The van der Waals surface area contributed by atoms with Crippen molar-refractivity contribution >= 4 is 5.78 Å². The van der Waals surface area contributed by atoms with Crippen LogP contribution in [0.2, 0.25) is 0 Å². The number of phenols is 1. The molecule has 0 atom stereocenters. The van der Waals surface area contributed by atoms with Gasteiger partial charge in [-0.2, -0.15) is 0 Å². The molecule has 0 saturated heterocycles. The fraction of sp³-hybridized carbons (Fsp3) is 0.696. The first-order chi connectivity index (χ1) is 12.4. The van der Waals surface area contributed by atoms with Crippen molar-refractivity contribution in [2.24, 2.45) is 0 Å². The minimum absolute atomic E-state index is 0.0312. The van der Waals surface area contributed by atoms with Crippen molar-refractivity contribution in [2.75, 3.05) is 7.11 Å². The molecule has 0 amide bonds. The molecule has 1 rings (SSSR count). The van der Waals surface area contributed by atoms with E-state index in [0.717, 1.165) is 24.0 Å². The molecule has 0 radical (unpaired) electrons. The maximum Gasteiger partial charge on any atom is 0.167 e. The molecule has 26 heavy (non-hydrogen) atoms. The molecular weight excluding hydrogens is 324 g/mol. The Bertz CT molecular complexity index is 561. The van der Waals surface area contributed by atoms with Crippen LogP contribution in [0.1, 0.15) is 112 Å². The van der Waals surface area contributed by atoms with E-state index in [9.17, 15) is 9.90 Å². The van der Waals surface area contributed by atoms with Crippen molar-refractivity contribution in [1.29, 1.82) is 0 Å². The van der Waals surface area contributed by atoms with Crippen LogP contribution in [0.15, 0.2) is 6.07 Å². The number of carbonyl (C=O) groups excluding carboxylic acids is 1. The molecule has 0 aromatic heterocycles. The third kappa shape index (κ3) is 6.66. The summed E-state index contributed by atoms with van der Waals surface area (Å²) in [5.41, 5.74) is 1.98. The predicted molar refractivity (Wildman–Crippen MR) is 110 cm³/mol. The summed E-state index contributed by atoms with van der Waals surface area (Å²) in [6, 6.07) is 1.85. The lowest BCUT2D eigenvalue weighted by atomic mass is 9.91. The van der Waals surface area contributed by atoms with Crippen molar-refractivity contribution in [3.05, 3.63) is 22.8 Å². The van der Waals surface area contributed by atoms with E-state index in [0.29, 0.717) is 17.7 Å². The summed E-state index contributed by atoms with van der Waals surface area (Å²) >= 11 is 0. The van der Waals surface area contributed by atoms with Crippen LogP contribution in [0.5, 0.6) is 11.5 Å². The van der Waals surface area contributed by atoms with Crippen LogP contribution in [-0.2, 0) is 0 Å². The van der Waals surface area contributed by atoms with Crippen molar-refractivity contribution in [3.8, 4) is 11.5 Å². The molecule has 148 valence electrons. The SMILES string of the molecule is CCCCCCCCCCCC(=O)c1c(C)c(OC)cc(C(C)C)c1O. The van der Waals surface area contributed by atoms with Crippen molar-refractivity contribution < 1.29 is 14.6 Å². The van der Waals surface area contributed by atoms with Gasteiger partial charge in [-0.05, 0) is 25.3 Å². The van der Waals surface area contributed by atoms with Gasteiger partial charge in [-0.3, -0.25) is 4.79 Å². The highest BCUT2D eigenvalue weighted by Gasteiger charge is 2.22. The summed E-state index contributed by atoms with van der Waals surface area (Å²) in [7, 11) is 1.61. The number of phenolic OH excluding ortho intramolecular Hbond substituents is 1. The van der Waals surface area contributed by atoms with Crippen LogP contribution < -0.4 is 4.74 Å². The van der Waals surface area contributed by atoms with Gasteiger partial charge in [0, 0.05) is 17.5 Å². The molecule has 0 bridgehead atoms. The van der Waals surface area contributed by atoms with Crippen molar-refractivity contribution in [1.82, 2.24) is 0 Å². The average molecular weight is 363 g/mol. The Morgan fingerprint density at radius 3 is 2.08 bits per heavy atom. The second-order valence-corrected chi connectivity index (χ2v) is 7.67. The van der Waals surface area contributed by atoms with Gasteiger partial charge in [-0.15, -0.1) is 0 Å². The maximum absolute atomic E-state index is 12.7. The Hall–Kier alpha value is -1.51. The Kier molecular flexibility index (Phi) is 10.4. The topological polar surface area (TPSA) is 46.5 Å². The highest BCUT2D eigenvalue weighted by Crippen LogP contribution is 2.37. The Balaban J connectivity index is 2.55. The lowest BCUT2D eigenvalue weighted by molar-refractivity contribution is 0.0975. The van der Waals surface area contributed by atoms with E-state index in [2.05, 4.69) is 6.92 Å². The third-order valence-corrected chi connectivity index (χ3v) is 5.17. The number of carbonyl (C=O) groups is 1. The zero-order valence-electron chi connectivity index (χ0n) is 17.5. The van der Waals surface area contributed by atoms with Gasteiger partial charge >= 0.3 is 0 Å². The van der Waals surface area contributed by atoms with Gasteiger partial charge in [0.1, 0.15) is 11.5 Å². The number of hydrogen-bond acceptors (Lipinski definition) is 3. The number of hydrogen-bond donors (Lipinski definition) is 1. The lowest BCUT2D eigenvalue weighted by Crippen LogP contribution is -2.07. The number of ketones is 1. The van der Waals surface area contributed by atoms with Gasteiger partial charge in [0.2, 0.25) is 0 Å². The fourth-order valence-electron chi connectivity index (χ4n) is 3.48. The van der Waals surface area contributed by atoms with Gasteiger partial charge < -0.3 is 9.84 Å². The van der Waals surface area contributed by atoms with E-state index in [1.807, 2.05) is 26.8 Å². The van der Waals surface area contributed by atoms with Crippen LogP contribution in [-0.4, -0.2) is 18.0 Å². The molecule has 0 spiro atoms. The van der Waals surface area contributed by atoms with Gasteiger partial charge in [0.15, 0.2) is 5.78 Å². The third-order valence-electron chi connectivity index (χ3n) is 5.17. The normalized spacial score (nSPS) is 11.2. The van der Waals surface area contributed by atoms with Gasteiger partial charge in [0.05, 0.1) is 12.7 Å². The van der Waals surface area contributed by atoms with Crippen molar-refractivity contribution in [3.63, 3.8) is 0 Å². The fourth-order valence-corrected chi connectivity index (χ4v) is 3.48. The first-order valence-electron chi connectivity index (χ1n) is 10.4. The number of ether oxygens (including phenoxy) is 1. The van der Waals surface area contributed by atoms with Crippen LogP contribution in [0, 0.1) is 6.92 Å². The molecule has 0 aliphatic carbocycles. The Labute approximate surface area is 160 Å². The van der Waals surface area contributed by atoms with Gasteiger partial charge in [-0.25, -0.2) is 0 Å². The molecule has 0 fully saturated rings. The average Bonchev–Trinajstić information content (AvgIpc) is 2.60. The molecule has 0 heterocycles. The molecule has 0 saturated carbocycles. The zero-order chi connectivity index (χ0) is 19.5. The highest BCUT2D eigenvalue weighted by atomic mass is 16.5. The highest BCUT2D eigenvalue weighted by molar-refractivity contribution is 6.01. The van der Waals surface area contributed by atoms with E-state index >= 15 is 0 Å². The van der Waals surface area contributed by atoms with Crippen molar-refractivity contribution in [2.45, 2.75) is 97.8 Å². The van der Waals surface area contributed by atoms with E-state index in [1.165, 1.54) is 44.9 Å². The predicted octanol–water partition coefficient (Wildman–Crippen LogP) is 6.94. The van der Waals surface area contributed by atoms with Crippen LogP contribution in [0.3, 0.4) is 0 Å². The molecule has 1 aromatic rings. The number of benzene rings is 1. The van der Waals surface area contributed by atoms with E-state index < -0.39 is 0 Å². The second-order valence-electron chi connectivity index (χ2n) is 7.67. The number of unbranched alkanes of at least 4 members (excludes halogenated alkanes) is 8. The first kappa shape index (κ1) is 22.5. The summed E-state index contributed by atoms with van der Waals surface area (Å²) in [6.45, 7) is 8.12. The summed E-state index contributed by atoms with van der Waals surface area (Å²) < 4.78 is 5.42. The molecule has 0 aliphatic rings. The molecule has 0 unspecified atom stereocenters. The lowest BCUT2D eigenvalue weighted by Gasteiger charge is -2.17. The smallest absolute Gasteiger partial charge is 0.167 e. The maximum atomic E-state index is 12.7. The number of rotatable bonds is 13.